The molecule has 22 heavy (non-hydrogen) atoms. The Hall–Kier alpha value is -2.32. The predicted molar refractivity (Wildman–Crippen MR) is 71.2 cm³/mol. The number of urea groups is 1. The van der Waals surface area contributed by atoms with Crippen LogP contribution in [0.5, 0.6) is 0 Å². The molecular weight excluding hydrogens is 303 g/mol. The molecule has 0 aliphatic heterocycles. The number of pyridine rings is 1. The van der Waals surface area contributed by atoms with Crippen molar-refractivity contribution >= 4 is 12.0 Å². The molecule has 0 saturated heterocycles. The highest BCUT2D eigenvalue weighted by molar-refractivity contribution is 5.74. The van der Waals surface area contributed by atoms with E-state index < -0.39 is 23.9 Å². The number of nitrogens with zero attached hydrogens (tertiary/aromatic N) is 2. The molecule has 0 atom stereocenters. The molecule has 6 nitrogen and oxygen atoms in total. The predicted octanol–water partition coefficient (Wildman–Crippen LogP) is 1.76. The molecule has 0 fully saturated rings. The van der Waals surface area contributed by atoms with Crippen molar-refractivity contribution in [3.05, 3.63) is 29.6 Å². The number of carbonyl (C=O) groups is 2. The Morgan fingerprint density at radius 3 is 2.64 bits per heavy atom. The van der Waals surface area contributed by atoms with Crippen molar-refractivity contribution in [3.63, 3.8) is 0 Å². The highest BCUT2D eigenvalue weighted by atomic mass is 19.4. The van der Waals surface area contributed by atoms with Gasteiger partial charge in [0.1, 0.15) is 5.69 Å². The Bertz CT molecular complexity index is 535. The molecule has 1 heterocycles. The smallest absolute Gasteiger partial charge is 0.433 e. The standard InChI is InChI=1S/C13H16F3N3O3/c1-19(8-6-11(20)21)12(22)17-7-5-9-3-2-4-10(18-9)13(14,15)16/h2-4H,5-8H2,1H3,(H,17,22)(H,20,21). The van der Waals surface area contributed by atoms with E-state index in [1.807, 2.05) is 0 Å². The molecule has 1 aromatic heterocycles. The molecule has 2 amide bonds. The lowest BCUT2D eigenvalue weighted by Crippen LogP contribution is -2.39. The third-order valence-electron chi connectivity index (χ3n) is 2.76. The Kier molecular flexibility index (Phi) is 6.14. The topological polar surface area (TPSA) is 82.5 Å². The summed E-state index contributed by atoms with van der Waals surface area (Å²) in [4.78, 5) is 26.6. The zero-order valence-electron chi connectivity index (χ0n) is 11.9. The fourth-order valence-corrected chi connectivity index (χ4v) is 1.57. The van der Waals surface area contributed by atoms with Gasteiger partial charge in [0, 0.05) is 32.3 Å². The number of nitrogens with one attached hydrogen (secondary N) is 1. The Morgan fingerprint density at radius 1 is 1.36 bits per heavy atom. The van der Waals surface area contributed by atoms with Crippen LogP contribution in [0.4, 0.5) is 18.0 Å². The van der Waals surface area contributed by atoms with E-state index in [0.717, 1.165) is 6.07 Å². The zero-order chi connectivity index (χ0) is 16.8. The summed E-state index contributed by atoms with van der Waals surface area (Å²) in [6.45, 7) is 0.146. The van der Waals surface area contributed by atoms with E-state index in [1.54, 1.807) is 0 Å². The van der Waals surface area contributed by atoms with E-state index in [1.165, 1.54) is 24.1 Å². The van der Waals surface area contributed by atoms with Crippen molar-refractivity contribution in [1.29, 1.82) is 0 Å². The maximum atomic E-state index is 12.5. The third kappa shape index (κ3) is 5.98. The summed E-state index contributed by atoms with van der Waals surface area (Å²) in [5.41, 5.74) is -0.766. The molecule has 2 N–H and O–H groups in total. The summed E-state index contributed by atoms with van der Waals surface area (Å²) in [5, 5.41) is 11.0. The molecule has 0 spiro atoms. The second-order valence-electron chi connectivity index (χ2n) is 4.56. The molecule has 0 aliphatic carbocycles. The molecule has 0 saturated carbocycles. The molecule has 0 unspecified atom stereocenters. The van der Waals surface area contributed by atoms with Gasteiger partial charge in [-0.25, -0.2) is 9.78 Å². The summed E-state index contributed by atoms with van der Waals surface area (Å²) in [5.74, 6) is -1.02. The van der Waals surface area contributed by atoms with Crippen LogP contribution in [0.2, 0.25) is 0 Å². The monoisotopic (exact) mass is 319 g/mol. The van der Waals surface area contributed by atoms with E-state index in [4.69, 9.17) is 5.11 Å². The minimum absolute atomic E-state index is 0.0446. The van der Waals surface area contributed by atoms with Crippen molar-refractivity contribution in [3.8, 4) is 0 Å². The van der Waals surface area contributed by atoms with E-state index in [-0.39, 0.29) is 31.6 Å². The maximum Gasteiger partial charge on any atom is 0.433 e. The number of halogens is 3. The molecule has 0 aromatic carbocycles. The molecule has 1 rings (SSSR count). The van der Waals surface area contributed by atoms with Crippen LogP contribution in [0.15, 0.2) is 18.2 Å². The fraction of sp³-hybridized carbons (Fsp3) is 0.462. The lowest BCUT2D eigenvalue weighted by molar-refractivity contribution is -0.141. The number of hydrogen-bond donors (Lipinski definition) is 2. The number of carbonyl (C=O) groups excluding carboxylic acids is 1. The Labute approximate surface area is 124 Å². The molecule has 0 radical (unpaired) electrons. The minimum atomic E-state index is -4.50. The summed E-state index contributed by atoms with van der Waals surface area (Å²) in [6.07, 6.45) is -4.54. The van der Waals surface area contributed by atoms with Gasteiger partial charge in [-0.15, -0.1) is 0 Å². The van der Waals surface area contributed by atoms with Crippen LogP contribution in [0.1, 0.15) is 17.8 Å². The van der Waals surface area contributed by atoms with Crippen LogP contribution in [0, 0.1) is 0 Å². The summed E-state index contributed by atoms with van der Waals surface area (Å²) >= 11 is 0. The number of amides is 2. The van der Waals surface area contributed by atoms with Crippen LogP contribution in [-0.2, 0) is 17.4 Å². The van der Waals surface area contributed by atoms with Crippen molar-refractivity contribution in [2.45, 2.75) is 19.0 Å². The second-order valence-corrected chi connectivity index (χ2v) is 4.56. The van der Waals surface area contributed by atoms with Crippen molar-refractivity contribution in [2.24, 2.45) is 0 Å². The van der Waals surface area contributed by atoms with Gasteiger partial charge in [0.15, 0.2) is 0 Å². The zero-order valence-corrected chi connectivity index (χ0v) is 11.9. The number of carboxylic acids is 1. The first-order valence-electron chi connectivity index (χ1n) is 6.44. The molecular formula is C13H16F3N3O3. The number of rotatable bonds is 6. The van der Waals surface area contributed by atoms with Gasteiger partial charge in [0.2, 0.25) is 0 Å². The molecule has 1 aromatic rings. The average Bonchev–Trinajstić information content (AvgIpc) is 2.44. The Balaban J connectivity index is 2.44. The SMILES string of the molecule is CN(CCC(=O)O)C(=O)NCCc1cccc(C(F)(F)F)n1. The van der Waals surface area contributed by atoms with Gasteiger partial charge in [0.05, 0.1) is 6.42 Å². The lowest BCUT2D eigenvalue weighted by atomic mass is 10.2. The van der Waals surface area contributed by atoms with E-state index in [9.17, 15) is 22.8 Å². The fourth-order valence-electron chi connectivity index (χ4n) is 1.57. The van der Waals surface area contributed by atoms with Crippen LogP contribution < -0.4 is 5.32 Å². The van der Waals surface area contributed by atoms with Gasteiger partial charge in [-0.3, -0.25) is 4.79 Å². The third-order valence-corrected chi connectivity index (χ3v) is 2.76. The first kappa shape index (κ1) is 17.7. The number of carboxylic acid groups (broad SMARTS) is 1. The van der Waals surface area contributed by atoms with E-state index in [2.05, 4.69) is 10.3 Å². The molecule has 0 aliphatic rings. The minimum Gasteiger partial charge on any atom is -0.481 e. The van der Waals surface area contributed by atoms with Crippen LogP contribution >= 0.6 is 0 Å². The van der Waals surface area contributed by atoms with Gasteiger partial charge in [-0.2, -0.15) is 13.2 Å². The van der Waals surface area contributed by atoms with Gasteiger partial charge in [-0.05, 0) is 12.1 Å². The summed E-state index contributed by atoms with van der Waals surface area (Å²) in [6, 6.07) is 3.08. The quantitative estimate of drug-likeness (QED) is 0.837. The van der Waals surface area contributed by atoms with Gasteiger partial charge in [-0.1, -0.05) is 6.07 Å². The normalized spacial score (nSPS) is 11.1. The van der Waals surface area contributed by atoms with Crippen molar-refractivity contribution < 1.29 is 27.9 Å². The van der Waals surface area contributed by atoms with Crippen LogP contribution in [-0.4, -0.2) is 47.1 Å². The van der Waals surface area contributed by atoms with Gasteiger partial charge >= 0.3 is 18.2 Å². The Morgan fingerprint density at radius 2 is 2.05 bits per heavy atom. The average molecular weight is 319 g/mol. The van der Waals surface area contributed by atoms with Gasteiger partial charge in [0.25, 0.3) is 0 Å². The summed E-state index contributed by atoms with van der Waals surface area (Å²) in [7, 11) is 1.43. The highest BCUT2D eigenvalue weighted by Crippen LogP contribution is 2.27. The molecule has 122 valence electrons. The van der Waals surface area contributed by atoms with E-state index in [0.29, 0.717) is 0 Å². The maximum absolute atomic E-state index is 12.5. The van der Waals surface area contributed by atoms with Crippen LogP contribution in [0.25, 0.3) is 0 Å². The largest absolute Gasteiger partial charge is 0.481 e. The second kappa shape index (κ2) is 7.62. The van der Waals surface area contributed by atoms with Crippen molar-refractivity contribution in [2.75, 3.05) is 20.1 Å². The molecule has 0 bridgehead atoms. The first-order chi connectivity index (χ1) is 10.2. The van der Waals surface area contributed by atoms with E-state index >= 15 is 0 Å². The number of hydrogen-bond acceptors (Lipinski definition) is 3. The van der Waals surface area contributed by atoms with Crippen LogP contribution in [0.3, 0.4) is 0 Å². The number of aliphatic carboxylic acids is 1. The van der Waals surface area contributed by atoms with Crippen molar-refractivity contribution in [1.82, 2.24) is 15.2 Å². The highest BCUT2D eigenvalue weighted by Gasteiger charge is 2.32. The first-order valence-corrected chi connectivity index (χ1v) is 6.44. The van der Waals surface area contributed by atoms with Gasteiger partial charge < -0.3 is 15.3 Å². The number of alkyl halides is 3. The number of aromatic nitrogens is 1. The lowest BCUT2D eigenvalue weighted by Gasteiger charge is -2.16. The molecule has 9 heteroatoms. The summed E-state index contributed by atoms with van der Waals surface area (Å²) < 4.78 is 37.5.